The molecule has 0 atom stereocenters. The molecule has 0 fully saturated rings. The van der Waals surface area contributed by atoms with Crippen LogP contribution in [0.25, 0.3) is 0 Å². The van der Waals surface area contributed by atoms with Crippen LogP contribution < -0.4 is 9.47 Å². The van der Waals surface area contributed by atoms with Crippen LogP contribution in [0.5, 0.6) is 34.5 Å². The van der Waals surface area contributed by atoms with Gasteiger partial charge in [0.1, 0.15) is 0 Å². The molecule has 242 valence electrons. The molecule has 1 heterocycles. The first-order chi connectivity index (χ1) is 21.1. The van der Waals surface area contributed by atoms with E-state index < -0.39 is 0 Å². The first-order valence-electron chi connectivity index (χ1n) is 18.2. The number of fused-ring (bicyclic) bond motifs is 2. The fourth-order valence-electron chi connectivity index (χ4n) is 6.41. The van der Waals surface area contributed by atoms with Crippen molar-refractivity contribution in [3.63, 3.8) is 0 Å². The zero-order valence-electron chi connectivity index (χ0n) is 27.9. The minimum atomic E-state index is -0.0195. The molecular formula is C39H62O4. The second kappa shape index (κ2) is 20.6. The summed E-state index contributed by atoms with van der Waals surface area (Å²) in [6, 6.07) is 6.18. The van der Waals surface area contributed by atoms with Crippen LogP contribution in [-0.2, 0) is 19.3 Å². The second-order valence-electron chi connectivity index (χ2n) is 12.9. The van der Waals surface area contributed by atoms with E-state index in [-0.39, 0.29) is 11.5 Å². The van der Waals surface area contributed by atoms with Crippen molar-refractivity contribution in [1.82, 2.24) is 0 Å². The Labute approximate surface area is 263 Å². The lowest BCUT2D eigenvalue weighted by Crippen LogP contribution is -2.08. The predicted octanol–water partition coefficient (Wildman–Crippen LogP) is 12.9. The number of unbranched alkanes of at least 4 members (excludes halogenated alkanes) is 18. The van der Waals surface area contributed by atoms with Gasteiger partial charge in [0.2, 0.25) is 0 Å². The number of para-hydroxylation sites is 1. The maximum atomic E-state index is 11.3. The van der Waals surface area contributed by atoms with Crippen molar-refractivity contribution in [1.29, 1.82) is 0 Å². The molecule has 0 unspecified atom stereocenters. The molecule has 0 amide bonds. The van der Waals surface area contributed by atoms with Crippen molar-refractivity contribution in [3.8, 4) is 34.5 Å². The summed E-state index contributed by atoms with van der Waals surface area (Å²) in [6.07, 6.45) is 28.0. The first kappa shape index (κ1) is 35.1. The van der Waals surface area contributed by atoms with Gasteiger partial charge >= 0.3 is 0 Å². The Bertz CT molecular complexity index is 1060. The van der Waals surface area contributed by atoms with Gasteiger partial charge in [0.25, 0.3) is 0 Å². The van der Waals surface area contributed by atoms with Gasteiger partial charge in [0.05, 0.1) is 0 Å². The largest absolute Gasteiger partial charge is 0.504 e. The number of benzene rings is 2. The van der Waals surface area contributed by atoms with Gasteiger partial charge in [-0.15, -0.1) is 0 Å². The summed E-state index contributed by atoms with van der Waals surface area (Å²) in [6.45, 7) is 6.75. The predicted molar refractivity (Wildman–Crippen MR) is 181 cm³/mol. The standard InChI is InChI=1S/C39H62O4/c1-4-7-10-13-16-19-22-26-31-27-25-30-34-37(31)43-39-33(29-24-21-18-15-12-9-6-3)36(41)35(40)32(38(39)42-34)28-23-20-17-14-11-8-5-2/h25,27,30,40-41H,4-24,26,28-29H2,1-3H3. The molecule has 0 saturated carbocycles. The fourth-order valence-corrected chi connectivity index (χ4v) is 6.41. The molecule has 0 bridgehead atoms. The molecule has 3 rings (SSSR count). The fraction of sp³-hybridized carbons (Fsp3) is 0.692. The van der Waals surface area contributed by atoms with E-state index in [4.69, 9.17) is 9.47 Å². The van der Waals surface area contributed by atoms with E-state index in [0.717, 1.165) is 50.0 Å². The number of aromatic hydroxyl groups is 2. The smallest absolute Gasteiger partial charge is 0.177 e. The molecule has 2 aromatic carbocycles. The molecular weight excluding hydrogens is 532 g/mol. The quantitative estimate of drug-likeness (QED) is 0.0800. The molecule has 1 aliphatic heterocycles. The zero-order valence-corrected chi connectivity index (χ0v) is 27.9. The van der Waals surface area contributed by atoms with E-state index in [0.29, 0.717) is 35.5 Å². The summed E-state index contributed by atoms with van der Waals surface area (Å²) < 4.78 is 13.3. The van der Waals surface area contributed by atoms with Gasteiger partial charge in [-0.1, -0.05) is 148 Å². The van der Waals surface area contributed by atoms with Crippen molar-refractivity contribution < 1.29 is 19.7 Å². The summed E-state index contributed by atoms with van der Waals surface area (Å²) in [7, 11) is 0. The maximum absolute atomic E-state index is 11.3. The van der Waals surface area contributed by atoms with Crippen LogP contribution in [0.1, 0.15) is 172 Å². The molecule has 2 N–H and O–H groups in total. The third-order valence-electron chi connectivity index (χ3n) is 9.14. The normalized spacial score (nSPS) is 12.1. The average Bonchev–Trinajstić information content (AvgIpc) is 3.02. The van der Waals surface area contributed by atoms with Crippen molar-refractivity contribution in [2.75, 3.05) is 0 Å². The van der Waals surface area contributed by atoms with E-state index in [9.17, 15) is 10.2 Å². The van der Waals surface area contributed by atoms with Crippen LogP contribution in [0.4, 0.5) is 0 Å². The molecule has 0 aliphatic carbocycles. The Morgan fingerprint density at radius 2 is 0.837 bits per heavy atom. The highest BCUT2D eigenvalue weighted by Gasteiger charge is 2.31. The lowest BCUT2D eigenvalue weighted by molar-refractivity contribution is 0.331. The molecule has 4 heteroatoms. The summed E-state index contributed by atoms with van der Waals surface area (Å²) in [4.78, 5) is 0. The van der Waals surface area contributed by atoms with Gasteiger partial charge in [-0.25, -0.2) is 0 Å². The highest BCUT2D eigenvalue weighted by molar-refractivity contribution is 5.70. The molecule has 0 aromatic heterocycles. The number of aryl methyl sites for hydroxylation is 1. The summed E-state index contributed by atoms with van der Waals surface area (Å²) >= 11 is 0. The minimum absolute atomic E-state index is 0.0145. The second-order valence-corrected chi connectivity index (χ2v) is 12.9. The van der Waals surface area contributed by atoms with Gasteiger partial charge < -0.3 is 19.7 Å². The van der Waals surface area contributed by atoms with Gasteiger partial charge in [-0.2, -0.15) is 0 Å². The number of ether oxygens (including phenoxy) is 2. The van der Waals surface area contributed by atoms with Crippen molar-refractivity contribution in [3.05, 3.63) is 34.9 Å². The molecule has 0 radical (unpaired) electrons. The lowest BCUT2D eigenvalue weighted by Gasteiger charge is -2.28. The minimum Gasteiger partial charge on any atom is -0.504 e. The van der Waals surface area contributed by atoms with Crippen LogP contribution in [0.15, 0.2) is 18.2 Å². The SMILES string of the molecule is CCCCCCCCCc1cccc2c1Oc1c(CCCCCCCCC)c(O)c(O)c(CCCCCCCCC)c1O2. The molecule has 1 aliphatic rings. The Morgan fingerprint density at radius 1 is 0.442 bits per heavy atom. The molecule has 0 saturated heterocycles. The molecule has 0 spiro atoms. The van der Waals surface area contributed by atoms with Crippen molar-refractivity contribution >= 4 is 0 Å². The van der Waals surface area contributed by atoms with Crippen LogP contribution in [0, 0.1) is 0 Å². The molecule has 2 aromatic rings. The van der Waals surface area contributed by atoms with E-state index in [1.165, 1.54) is 108 Å². The first-order valence-corrected chi connectivity index (χ1v) is 18.2. The number of hydrogen-bond donors (Lipinski definition) is 2. The Balaban J connectivity index is 1.75. The number of rotatable bonds is 24. The summed E-state index contributed by atoms with van der Waals surface area (Å²) in [5, 5.41) is 22.5. The molecule has 43 heavy (non-hydrogen) atoms. The highest BCUT2D eigenvalue weighted by atomic mass is 16.6. The monoisotopic (exact) mass is 594 g/mol. The lowest BCUT2D eigenvalue weighted by atomic mass is 9.95. The van der Waals surface area contributed by atoms with Crippen LogP contribution >= 0.6 is 0 Å². The third kappa shape index (κ3) is 11.3. The van der Waals surface area contributed by atoms with Gasteiger partial charge in [0.15, 0.2) is 34.5 Å². The average molecular weight is 595 g/mol. The van der Waals surface area contributed by atoms with Gasteiger partial charge in [0, 0.05) is 11.1 Å². The van der Waals surface area contributed by atoms with Crippen LogP contribution in [0.3, 0.4) is 0 Å². The van der Waals surface area contributed by atoms with Crippen molar-refractivity contribution in [2.45, 2.75) is 175 Å². The highest BCUT2D eigenvalue weighted by Crippen LogP contribution is 2.56. The van der Waals surface area contributed by atoms with E-state index in [2.05, 4.69) is 32.9 Å². The maximum Gasteiger partial charge on any atom is 0.177 e. The number of phenolic OH excluding ortho intramolecular Hbond substituents is 2. The Morgan fingerprint density at radius 3 is 1.30 bits per heavy atom. The van der Waals surface area contributed by atoms with Gasteiger partial charge in [-0.05, 0) is 50.2 Å². The van der Waals surface area contributed by atoms with E-state index >= 15 is 0 Å². The zero-order chi connectivity index (χ0) is 30.7. The summed E-state index contributed by atoms with van der Waals surface area (Å²) in [5.74, 6) is 2.71. The third-order valence-corrected chi connectivity index (χ3v) is 9.14. The number of phenols is 2. The molecule has 4 nitrogen and oxygen atoms in total. The van der Waals surface area contributed by atoms with Crippen molar-refractivity contribution in [2.24, 2.45) is 0 Å². The van der Waals surface area contributed by atoms with Crippen LogP contribution in [-0.4, -0.2) is 10.2 Å². The van der Waals surface area contributed by atoms with Gasteiger partial charge in [-0.3, -0.25) is 0 Å². The Hall–Kier alpha value is -2.36. The Kier molecular flexibility index (Phi) is 16.8. The summed E-state index contributed by atoms with van der Waals surface area (Å²) in [5.41, 5.74) is 2.55. The van der Waals surface area contributed by atoms with Crippen LogP contribution in [0.2, 0.25) is 0 Å². The van der Waals surface area contributed by atoms with E-state index in [1.807, 2.05) is 6.07 Å². The topological polar surface area (TPSA) is 58.9 Å². The number of hydrogen-bond acceptors (Lipinski definition) is 4. The van der Waals surface area contributed by atoms with E-state index in [1.54, 1.807) is 0 Å².